The Hall–Kier alpha value is -3.42. The van der Waals surface area contributed by atoms with Gasteiger partial charge in [-0.1, -0.05) is 12.1 Å². The van der Waals surface area contributed by atoms with Gasteiger partial charge in [-0.2, -0.15) is 0 Å². The number of hydrogen-bond donors (Lipinski definition) is 2. The van der Waals surface area contributed by atoms with Gasteiger partial charge in [0.05, 0.1) is 5.56 Å². The number of rotatable bonds is 3. The van der Waals surface area contributed by atoms with Crippen molar-refractivity contribution in [3.8, 4) is 0 Å². The number of carboxylic acids is 1. The van der Waals surface area contributed by atoms with Gasteiger partial charge in [0.15, 0.2) is 5.65 Å². The third-order valence-corrected chi connectivity index (χ3v) is 5.17. The number of likely N-dealkylation sites (tertiary alicyclic amines) is 1. The number of aryl methyl sites for hydroxylation is 1. The number of aromatic nitrogens is 3. The number of carbonyl (C=O) groups is 2. The van der Waals surface area contributed by atoms with Gasteiger partial charge in [-0.05, 0) is 37.5 Å². The Morgan fingerprint density at radius 2 is 2.11 bits per heavy atom. The van der Waals surface area contributed by atoms with Gasteiger partial charge in [0.25, 0.3) is 11.5 Å². The summed E-state index contributed by atoms with van der Waals surface area (Å²) in [5.41, 5.74) is 1.99. The van der Waals surface area contributed by atoms with Gasteiger partial charge in [-0.25, -0.2) is 14.3 Å². The number of benzene rings is 1. The average molecular weight is 380 g/mol. The van der Waals surface area contributed by atoms with Crippen molar-refractivity contribution >= 4 is 17.5 Å². The number of aromatic carboxylic acids is 1. The third-order valence-electron chi connectivity index (χ3n) is 5.17. The van der Waals surface area contributed by atoms with E-state index >= 15 is 0 Å². The second-order valence-electron chi connectivity index (χ2n) is 7.13. The molecule has 1 saturated heterocycles. The van der Waals surface area contributed by atoms with E-state index in [2.05, 4.69) is 10.1 Å². The first-order valence-electron chi connectivity index (χ1n) is 9.14. The molecule has 0 saturated carbocycles. The van der Waals surface area contributed by atoms with Crippen LogP contribution in [-0.2, 0) is 0 Å². The molecule has 1 amide bonds. The number of carboxylic acid groups (broad SMARTS) is 1. The number of hydrogen-bond acceptors (Lipinski definition) is 4. The van der Waals surface area contributed by atoms with Crippen LogP contribution >= 0.6 is 0 Å². The van der Waals surface area contributed by atoms with Crippen LogP contribution in [0.5, 0.6) is 0 Å². The SMILES string of the molecule is Cc1cc2ncc(C(=O)N3CCCC(c4cccc(C(=O)O)c4)C3)c(=O)n2[nH]1. The standard InChI is InChI=1S/C20H20N4O4/c1-12-8-17-21-10-16(19(26)24(17)22-12)18(25)23-7-3-6-15(11-23)13-4-2-5-14(9-13)20(27)28/h2,4-5,8-10,15,22H,3,6-7,11H2,1H3,(H,27,28). The topological polar surface area (TPSA) is 108 Å². The molecule has 1 aliphatic rings. The summed E-state index contributed by atoms with van der Waals surface area (Å²) in [6.45, 7) is 2.81. The fourth-order valence-electron chi connectivity index (χ4n) is 3.76. The summed E-state index contributed by atoms with van der Waals surface area (Å²) >= 11 is 0. The largest absolute Gasteiger partial charge is 0.478 e. The number of amides is 1. The van der Waals surface area contributed by atoms with E-state index in [1.54, 1.807) is 29.2 Å². The molecule has 0 bridgehead atoms. The molecule has 1 aromatic carbocycles. The summed E-state index contributed by atoms with van der Waals surface area (Å²) in [5, 5.41) is 12.1. The van der Waals surface area contributed by atoms with Crippen LogP contribution in [-0.4, -0.2) is 49.6 Å². The molecule has 8 heteroatoms. The average Bonchev–Trinajstić information content (AvgIpc) is 3.09. The Morgan fingerprint density at radius 3 is 2.89 bits per heavy atom. The van der Waals surface area contributed by atoms with E-state index in [0.29, 0.717) is 18.7 Å². The molecule has 3 aromatic rings. The fourth-order valence-corrected chi connectivity index (χ4v) is 3.76. The van der Waals surface area contributed by atoms with Crippen molar-refractivity contribution in [3.63, 3.8) is 0 Å². The van der Waals surface area contributed by atoms with Gasteiger partial charge in [0.1, 0.15) is 5.56 Å². The molecule has 8 nitrogen and oxygen atoms in total. The minimum atomic E-state index is -0.973. The first kappa shape index (κ1) is 18.0. The lowest BCUT2D eigenvalue weighted by Crippen LogP contribution is -2.41. The maximum Gasteiger partial charge on any atom is 0.335 e. The minimum absolute atomic E-state index is 0.0271. The summed E-state index contributed by atoms with van der Waals surface area (Å²) in [4.78, 5) is 42.8. The quantitative estimate of drug-likeness (QED) is 0.723. The summed E-state index contributed by atoms with van der Waals surface area (Å²) in [5.74, 6) is -1.29. The zero-order valence-electron chi connectivity index (χ0n) is 15.4. The molecule has 1 aliphatic heterocycles. The van der Waals surface area contributed by atoms with Crippen LogP contribution in [0.1, 0.15) is 50.7 Å². The lowest BCUT2D eigenvalue weighted by Gasteiger charge is -2.33. The van der Waals surface area contributed by atoms with Gasteiger partial charge >= 0.3 is 5.97 Å². The normalized spacial score (nSPS) is 17.0. The van der Waals surface area contributed by atoms with Gasteiger partial charge in [0.2, 0.25) is 0 Å². The molecule has 3 heterocycles. The van der Waals surface area contributed by atoms with Crippen LogP contribution < -0.4 is 5.56 Å². The smallest absolute Gasteiger partial charge is 0.335 e. The van der Waals surface area contributed by atoms with Crippen LogP contribution in [0.3, 0.4) is 0 Å². The van der Waals surface area contributed by atoms with E-state index in [-0.39, 0.29) is 23.0 Å². The monoisotopic (exact) mass is 380 g/mol. The van der Waals surface area contributed by atoms with Crippen LogP contribution in [0.4, 0.5) is 0 Å². The van der Waals surface area contributed by atoms with Crippen molar-refractivity contribution < 1.29 is 14.7 Å². The van der Waals surface area contributed by atoms with Crippen molar-refractivity contribution in [2.45, 2.75) is 25.7 Å². The van der Waals surface area contributed by atoms with Crippen molar-refractivity contribution in [1.29, 1.82) is 0 Å². The molecular formula is C20H20N4O4. The Balaban J connectivity index is 1.60. The molecule has 0 spiro atoms. The molecule has 0 radical (unpaired) electrons. The highest BCUT2D eigenvalue weighted by atomic mass is 16.4. The van der Waals surface area contributed by atoms with Crippen molar-refractivity contribution in [3.05, 3.63) is 69.3 Å². The van der Waals surface area contributed by atoms with Crippen molar-refractivity contribution in [1.82, 2.24) is 19.5 Å². The maximum atomic E-state index is 13.0. The van der Waals surface area contributed by atoms with E-state index in [9.17, 15) is 19.5 Å². The fraction of sp³-hybridized carbons (Fsp3) is 0.300. The second-order valence-corrected chi connectivity index (χ2v) is 7.13. The van der Waals surface area contributed by atoms with Gasteiger partial charge in [-0.3, -0.25) is 14.7 Å². The molecule has 1 atom stereocenters. The summed E-state index contributed by atoms with van der Waals surface area (Å²) in [7, 11) is 0. The Labute approximate surface area is 160 Å². The number of aromatic amines is 1. The van der Waals surface area contributed by atoms with Crippen LogP contribution in [0.15, 0.2) is 41.3 Å². The Bertz CT molecular complexity index is 1130. The second kappa shape index (κ2) is 6.95. The number of nitrogens with one attached hydrogen (secondary N) is 1. The van der Waals surface area contributed by atoms with E-state index in [0.717, 1.165) is 24.1 Å². The predicted molar refractivity (Wildman–Crippen MR) is 102 cm³/mol. The molecule has 28 heavy (non-hydrogen) atoms. The number of nitrogens with zero attached hydrogens (tertiary/aromatic N) is 3. The number of carbonyl (C=O) groups excluding carboxylic acids is 1. The van der Waals surface area contributed by atoms with Crippen LogP contribution in [0.25, 0.3) is 5.65 Å². The van der Waals surface area contributed by atoms with Crippen LogP contribution in [0.2, 0.25) is 0 Å². The van der Waals surface area contributed by atoms with Gasteiger partial charge in [0, 0.05) is 37.0 Å². The molecule has 144 valence electrons. The van der Waals surface area contributed by atoms with Crippen LogP contribution in [0, 0.1) is 6.92 Å². The van der Waals surface area contributed by atoms with Crippen molar-refractivity contribution in [2.75, 3.05) is 13.1 Å². The molecule has 2 aromatic heterocycles. The lowest BCUT2D eigenvalue weighted by atomic mass is 9.89. The Kier molecular flexibility index (Phi) is 4.46. The minimum Gasteiger partial charge on any atom is -0.478 e. The van der Waals surface area contributed by atoms with Gasteiger partial charge < -0.3 is 10.0 Å². The zero-order chi connectivity index (χ0) is 19.8. The molecule has 1 unspecified atom stereocenters. The zero-order valence-corrected chi connectivity index (χ0v) is 15.4. The number of fused-ring (bicyclic) bond motifs is 1. The number of piperidine rings is 1. The third kappa shape index (κ3) is 3.17. The first-order chi connectivity index (χ1) is 13.4. The molecule has 0 aliphatic carbocycles. The summed E-state index contributed by atoms with van der Waals surface area (Å²) < 4.78 is 1.28. The van der Waals surface area contributed by atoms with E-state index in [1.807, 2.05) is 13.0 Å². The Morgan fingerprint density at radius 1 is 1.29 bits per heavy atom. The highest BCUT2D eigenvalue weighted by molar-refractivity contribution is 5.94. The van der Waals surface area contributed by atoms with E-state index in [4.69, 9.17) is 0 Å². The molecular weight excluding hydrogens is 360 g/mol. The van der Waals surface area contributed by atoms with E-state index < -0.39 is 11.5 Å². The summed E-state index contributed by atoms with van der Waals surface area (Å²) in [6, 6.07) is 8.55. The molecule has 1 fully saturated rings. The van der Waals surface area contributed by atoms with E-state index in [1.165, 1.54) is 10.7 Å². The summed E-state index contributed by atoms with van der Waals surface area (Å²) in [6.07, 6.45) is 2.98. The highest BCUT2D eigenvalue weighted by Crippen LogP contribution is 2.28. The predicted octanol–water partition coefficient (Wildman–Crippen LogP) is 2.05. The molecule has 4 rings (SSSR count). The molecule has 2 N–H and O–H groups in total. The van der Waals surface area contributed by atoms with Gasteiger partial charge in [-0.15, -0.1) is 0 Å². The highest BCUT2D eigenvalue weighted by Gasteiger charge is 2.28. The first-order valence-corrected chi connectivity index (χ1v) is 9.14. The maximum absolute atomic E-state index is 13.0. The lowest BCUT2D eigenvalue weighted by molar-refractivity contribution is 0.0687. The van der Waals surface area contributed by atoms with Crippen molar-refractivity contribution in [2.24, 2.45) is 0 Å². The number of H-pyrrole nitrogens is 1.